The maximum atomic E-state index is 13.4. The molecule has 10 nitrogen and oxygen atoms in total. The molecule has 1 saturated heterocycles. The predicted octanol–water partition coefficient (Wildman–Crippen LogP) is 2.39. The van der Waals surface area contributed by atoms with Gasteiger partial charge in [0.2, 0.25) is 0 Å². The standard InChI is InChI=1S/C26H31N7O3/c1-18-4-5-19-17-22(26(34)27-23(19)16-18)24(25-28-29-30-33(25)14-15-35-2)32-12-10-31(11-13-32)20-6-8-21(36-3)9-7-20/h4-9,16-17,24H,10-15H2,1-3H3,(H,27,34)/t24-/m0/s1. The lowest BCUT2D eigenvalue weighted by molar-refractivity contribution is 0.171. The fraction of sp³-hybridized carbons (Fsp3) is 0.385. The number of hydrogen-bond acceptors (Lipinski definition) is 8. The monoisotopic (exact) mass is 489 g/mol. The van der Waals surface area contributed by atoms with Crippen LogP contribution in [0, 0.1) is 6.92 Å². The highest BCUT2D eigenvalue weighted by atomic mass is 16.5. The number of benzene rings is 2. The second-order valence-electron chi connectivity index (χ2n) is 9.02. The number of aromatic nitrogens is 5. The van der Waals surface area contributed by atoms with Crippen LogP contribution in [0.25, 0.3) is 10.9 Å². The van der Waals surface area contributed by atoms with E-state index in [2.05, 4.69) is 48.5 Å². The van der Waals surface area contributed by atoms with E-state index in [-0.39, 0.29) is 11.6 Å². The summed E-state index contributed by atoms with van der Waals surface area (Å²) >= 11 is 0. The van der Waals surface area contributed by atoms with E-state index in [0.717, 1.165) is 54.1 Å². The maximum Gasteiger partial charge on any atom is 0.253 e. The molecule has 1 N–H and O–H groups in total. The average molecular weight is 490 g/mol. The largest absolute Gasteiger partial charge is 0.497 e. The van der Waals surface area contributed by atoms with Gasteiger partial charge in [-0.15, -0.1) is 5.10 Å². The topological polar surface area (TPSA) is 101 Å². The number of rotatable bonds is 8. The first-order valence-corrected chi connectivity index (χ1v) is 12.1. The van der Waals surface area contributed by atoms with Gasteiger partial charge >= 0.3 is 0 Å². The zero-order valence-electron chi connectivity index (χ0n) is 20.8. The lowest BCUT2D eigenvalue weighted by Gasteiger charge is -2.39. The fourth-order valence-corrected chi connectivity index (χ4v) is 4.81. The molecule has 4 aromatic rings. The first-order chi connectivity index (χ1) is 17.6. The lowest BCUT2D eigenvalue weighted by Crippen LogP contribution is -2.49. The molecule has 0 saturated carbocycles. The summed E-state index contributed by atoms with van der Waals surface area (Å²) in [5.41, 5.74) is 3.58. The maximum absolute atomic E-state index is 13.4. The third kappa shape index (κ3) is 4.82. The molecule has 0 bridgehead atoms. The summed E-state index contributed by atoms with van der Waals surface area (Å²) in [7, 11) is 3.32. The van der Waals surface area contributed by atoms with Crippen LogP contribution in [0.3, 0.4) is 0 Å². The molecule has 0 aliphatic carbocycles. The predicted molar refractivity (Wildman–Crippen MR) is 138 cm³/mol. The molecule has 1 atom stereocenters. The molecule has 1 aliphatic rings. The highest BCUT2D eigenvalue weighted by Gasteiger charge is 2.32. The summed E-state index contributed by atoms with van der Waals surface area (Å²) in [4.78, 5) is 21.1. The summed E-state index contributed by atoms with van der Waals surface area (Å²) < 4.78 is 12.3. The molecule has 0 amide bonds. The molecule has 0 unspecified atom stereocenters. The molecule has 2 aromatic carbocycles. The van der Waals surface area contributed by atoms with Crippen molar-refractivity contribution >= 4 is 16.6 Å². The SMILES string of the molecule is COCCn1nnnc1[C@H](c1cc2ccc(C)cc2[nH]c1=O)N1CCN(c2ccc(OC)cc2)CC1. The number of aryl methyl sites for hydroxylation is 1. The minimum absolute atomic E-state index is 0.128. The number of methoxy groups -OCH3 is 2. The zero-order valence-corrected chi connectivity index (χ0v) is 20.8. The summed E-state index contributed by atoms with van der Waals surface area (Å²) in [6, 6.07) is 15.8. The quantitative estimate of drug-likeness (QED) is 0.403. The third-order valence-corrected chi connectivity index (χ3v) is 6.75. The van der Waals surface area contributed by atoms with E-state index in [9.17, 15) is 4.79 Å². The van der Waals surface area contributed by atoms with Crippen molar-refractivity contribution in [1.29, 1.82) is 0 Å². The van der Waals surface area contributed by atoms with Gasteiger partial charge in [0.05, 0.1) is 20.3 Å². The minimum Gasteiger partial charge on any atom is -0.497 e. The molecule has 2 aromatic heterocycles. The van der Waals surface area contributed by atoms with Gasteiger partial charge in [0.15, 0.2) is 5.82 Å². The Morgan fingerprint density at radius 3 is 2.53 bits per heavy atom. The summed E-state index contributed by atoms with van der Waals surface area (Å²) in [5, 5.41) is 13.5. The van der Waals surface area contributed by atoms with Crippen LogP contribution in [0.5, 0.6) is 5.75 Å². The molecule has 0 spiro atoms. The highest BCUT2D eigenvalue weighted by molar-refractivity contribution is 5.79. The zero-order chi connectivity index (χ0) is 25.1. The number of nitrogens with zero attached hydrogens (tertiary/aromatic N) is 6. The van der Waals surface area contributed by atoms with Crippen molar-refractivity contribution in [3.8, 4) is 5.75 Å². The Balaban J connectivity index is 1.48. The Kier molecular flexibility index (Phi) is 6.97. The Labute approximate surface area is 209 Å². The normalized spacial score (nSPS) is 15.4. The molecule has 36 heavy (non-hydrogen) atoms. The summed E-state index contributed by atoms with van der Waals surface area (Å²) in [5.74, 6) is 1.48. The molecular weight excluding hydrogens is 458 g/mol. The first-order valence-electron chi connectivity index (χ1n) is 12.1. The second kappa shape index (κ2) is 10.5. The van der Waals surface area contributed by atoms with Gasteiger partial charge in [0, 0.05) is 50.1 Å². The number of fused-ring (bicyclic) bond motifs is 1. The van der Waals surface area contributed by atoms with Gasteiger partial charge in [0.25, 0.3) is 5.56 Å². The Hall–Kier alpha value is -3.76. The highest BCUT2D eigenvalue weighted by Crippen LogP contribution is 2.29. The Morgan fingerprint density at radius 2 is 1.81 bits per heavy atom. The lowest BCUT2D eigenvalue weighted by atomic mass is 10.0. The van der Waals surface area contributed by atoms with Gasteiger partial charge in [-0.25, -0.2) is 4.68 Å². The van der Waals surface area contributed by atoms with Gasteiger partial charge in [0.1, 0.15) is 11.8 Å². The van der Waals surface area contributed by atoms with Crippen LogP contribution in [-0.2, 0) is 11.3 Å². The molecule has 1 fully saturated rings. The summed E-state index contributed by atoms with van der Waals surface area (Å²) in [6.45, 7) is 6.12. The van der Waals surface area contributed by atoms with Crippen molar-refractivity contribution in [1.82, 2.24) is 30.1 Å². The summed E-state index contributed by atoms with van der Waals surface area (Å²) in [6.07, 6.45) is 0. The molecule has 10 heteroatoms. The number of ether oxygens (including phenoxy) is 2. The fourth-order valence-electron chi connectivity index (χ4n) is 4.81. The van der Waals surface area contributed by atoms with E-state index in [1.54, 1.807) is 18.9 Å². The van der Waals surface area contributed by atoms with Gasteiger partial charge in [-0.1, -0.05) is 12.1 Å². The number of nitrogens with one attached hydrogen (secondary N) is 1. The Morgan fingerprint density at radius 1 is 1.03 bits per heavy atom. The van der Waals surface area contributed by atoms with E-state index in [4.69, 9.17) is 9.47 Å². The van der Waals surface area contributed by atoms with E-state index in [0.29, 0.717) is 24.5 Å². The van der Waals surface area contributed by atoms with Crippen molar-refractivity contribution in [2.24, 2.45) is 0 Å². The van der Waals surface area contributed by atoms with E-state index in [1.165, 1.54) is 0 Å². The molecule has 188 valence electrons. The number of pyridine rings is 1. The van der Waals surface area contributed by atoms with Crippen LogP contribution in [0.4, 0.5) is 5.69 Å². The van der Waals surface area contributed by atoms with E-state index in [1.807, 2.05) is 37.3 Å². The van der Waals surface area contributed by atoms with Crippen LogP contribution in [0.2, 0.25) is 0 Å². The average Bonchev–Trinajstić information content (AvgIpc) is 3.36. The number of aromatic amines is 1. The first kappa shape index (κ1) is 24.0. The number of piperazine rings is 1. The molecular formula is C26H31N7O3. The molecule has 0 radical (unpaired) electrons. The molecule has 5 rings (SSSR count). The number of H-pyrrole nitrogens is 1. The molecule has 3 heterocycles. The van der Waals surface area contributed by atoms with Gasteiger partial charge in [-0.2, -0.15) is 0 Å². The van der Waals surface area contributed by atoms with Crippen molar-refractivity contribution in [2.45, 2.75) is 19.5 Å². The van der Waals surface area contributed by atoms with Crippen molar-refractivity contribution in [2.75, 3.05) is 51.9 Å². The van der Waals surface area contributed by atoms with E-state index < -0.39 is 0 Å². The number of anilines is 1. The number of hydrogen-bond donors (Lipinski definition) is 1. The van der Waals surface area contributed by atoms with Gasteiger partial charge in [-0.05, 0) is 64.7 Å². The van der Waals surface area contributed by atoms with Crippen molar-refractivity contribution < 1.29 is 9.47 Å². The van der Waals surface area contributed by atoms with E-state index >= 15 is 0 Å². The Bertz CT molecular complexity index is 1370. The van der Waals surface area contributed by atoms with Crippen LogP contribution < -0.4 is 15.2 Å². The number of tetrazole rings is 1. The molecule has 1 aliphatic heterocycles. The van der Waals surface area contributed by atoms with Crippen LogP contribution in [-0.4, -0.2) is 77.1 Å². The van der Waals surface area contributed by atoms with Crippen LogP contribution in [0.1, 0.15) is 23.0 Å². The minimum atomic E-state index is -0.385. The van der Waals surface area contributed by atoms with Crippen molar-refractivity contribution in [3.63, 3.8) is 0 Å². The second-order valence-corrected chi connectivity index (χ2v) is 9.02. The van der Waals surface area contributed by atoms with Crippen molar-refractivity contribution in [3.05, 3.63) is 75.8 Å². The van der Waals surface area contributed by atoms with Crippen LogP contribution >= 0.6 is 0 Å². The van der Waals surface area contributed by atoms with Gasteiger partial charge < -0.3 is 19.4 Å². The van der Waals surface area contributed by atoms with Crippen LogP contribution in [0.15, 0.2) is 53.3 Å². The smallest absolute Gasteiger partial charge is 0.253 e. The van der Waals surface area contributed by atoms with Gasteiger partial charge in [-0.3, -0.25) is 9.69 Å². The third-order valence-electron chi connectivity index (χ3n) is 6.75.